The second kappa shape index (κ2) is 10.3. The second-order valence-corrected chi connectivity index (χ2v) is 6.74. The molecule has 1 aliphatic heterocycles. The van der Waals surface area contributed by atoms with Gasteiger partial charge in [-0.15, -0.1) is 30.1 Å². The highest BCUT2D eigenvalue weighted by Gasteiger charge is 2.04. The molecule has 1 rings (SSSR count). The molecule has 0 amide bonds. The molecule has 0 aliphatic carbocycles. The first-order valence-electron chi connectivity index (χ1n) is 6.50. The summed E-state index contributed by atoms with van der Waals surface area (Å²) in [4.78, 5) is 0. The summed E-state index contributed by atoms with van der Waals surface area (Å²) in [6.07, 6.45) is 15.2. The highest BCUT2D eigenvalue weighted by atomic mass is 32.2. The summed E-state index contributed by atoms with van der Waals surface area (Å²) in [5, 5.41) is 0. The monoisotopic (exact) mass is 256 g/mol. The molecular weight excluding hydrogens is 232 g/mol. The lowest BCUT2D eigenvalue weighted by Crippen LogP contribution is -1.91. The molecule has 0 N–H and O–H groups in total. The van der Waals surface area contributed by atoms with Crippen LogP contribution in [0.3, 0.4) is 0 Å². The van der Waals surface area contributed by atoms with Crippen molar-refractivity contribution in [3.63, 3.8) is 0 Å². The van der Waals surface area contributed by atoms with Gasteiger partial charge in [0, 0.05) is 4.24 Å². The van der Waals surface area contributed by atoms with E-state index in [-0.39, 0.29) is 0 Å². The Balaban J connectivity index is 1.88. The Kier molecular flexibility index (Phi) is 9.20. The largest absolute Gasteiger partial charge is 0.120 e. The van der Waals surface area contributed by atoms with Crippen molar-refractivity contribution in [2.75, 3.05) is 11.5 Å². The van der Waals surface area contributed by atoms with Gasteiger partial charge in [0.25, 0.3) is 0 Å². The van der Waals surface area contributed by atoms with Crippen molar-refractivity contribution >= 4 is 23.5 Å². The molecule has 0 nitrogen and oxygen atoms in total. The molecule has 0 saturated carbocycles. The van der Waals surface area contributed by atoms with Gasteiger partial charge in [0.2, 0.25) is 0 Å². The van der Waals surface area contributed by atoms with Gasteiger partial charge in [-0.25, -0.2) is 0 Å². The third-order valence-electron chi connectivity index (χ3n) is 2.70. The van der Waals surface area contributed by atoms with Crippen molar-refractivity contribution in [1.82, 2.24) is 0 Å². The minimum atomic E-state index is 1.19. The minimum absolute atomic E-state index is 1.19. The molecule has 92 valence electrons. The molecule has 1 fully saturated rings. The topological polar surface area (TPSA) is 0 Å². The number of hydrogen-bond acceptors (Lipinski definition) is 2. The van der Waals surface area contributed by atoms with Crippen LogP contribution in [0.2, 0.25) is 0 Å². The van der Waals surface area contributed by atoms with Gasteiger partial charge in [-0.2, -0.15) is 0 Å². The van der Waals surface area contributed by atoms with Crippen molar-refractivity contribution in [2.24, 2.45) is 0 Å². The Labute approximate surface area is 109 Å². The fourth-order valence-electron chi connectivity index (χ4n) is 1.75. The van der Waals surface area contributed by atoms with Crippen molar-refractivity contribution in [2.45, 2.75) is 51.4 Å². The van der Waals surface area contributed by atoms with E-state index in [9.17, 15) is 0 Å². The first-order valence-corrected chi connectivity index (χ1v) is 8.47. The van der Waals surface area contributed by atoms with E-state index >= 15 is 0 Å². The molecule has 0 atom stereocenters. The van der Waals surface area contributed by atoms with Crippen molar-refractivity contribution < 1.29 is 0 Å². The quantitative estimate of drug-likeness (QED) is 0.408. The van der Waals surface area contributed by atoms with Crippen LogP contribution in [0, 0.1) is 0 Å². The van der Waals surface area contributed by atoms with Gasteiger partial charge in [-0.3, -0.25) is 0 Å². The summed E-state index contributed by atoms with van der Waals surface area (Å²) >= 11 is 4.10. The minimum Gasteiger partial charge on any atom is -0.120 e. The lowest BCUT2D eigenvalue weighted by atomic mass is 10.1. The zero-order valence-electron chi connectivity index (χ0n) is 10.2. The smallest absolute Gasteiger partial charge is 0.0360 e. The lowest BCUT2D eigenvalue weighted by Gasteiger charge is -2.12. The predicted octanol–water partition coefficient (Wildman–Crippen LogP) is 5.61. The number of hydrogen-bond donors (Lipinski definition) is 0. The van der Waals surface area contributed by atoms with E-state index in [1.807, 2.05) is 6.08 Å². The first-order chi connectivity index (χ1) is 7.93. The van der Waals surface area contributed by atoms with E-state index in [4.69, 9.17) is 0 Å². The lowest BCUT2D eigenvalue weighted by molar-refractivity contribution is 0.622. The summed E-state index contributed by atoms with van der Waals surface area (Å²) in [7, 11) is 0. The summed E-state index contributed by atoms with van der Waals surface area (Å²) in [5.74, 6) is 2.67. The van der Waals surface area contributed by atoms with Crippen molar-refractivity contribution in [3.05, 3.63) is 23.0 Å². The van der Waals surface area contributed by atoms with Gasteiger partial charge in [0.1, 0.15) is 0 Å². The zero-order chi connectivity index (χ0) is 11.5. The third-order valence-corrected chi connectivity index (χ3v) is 5.30. The molecule has 1 aliphatic rings. The molecule has 0 unspecified atom stereocenters. The van der Waals surface area contributed by atoms with Crippen molar-refractivity contribution in [1.29, 1.82) is 0 Å². The molecule has 0 aromatic carbocycles. The van der Waals surface area contributed by atoms with E-state index in [2.05, 4.69) is 36.2 Å². The van der Waals surface area contributed by atoms with Crippen LogP contribution in [0.5, 0.6) is 0 Å². The Hall–Kier alpha value is 0.180. The van der Waals surface area contributed by atoms with Crippen LogP contribution >= 0.6 is 23.5 Å². The van der Waals surface area contributed by atoms with Crippen LogP contribution in [0.25, 0.3) is 0 Å². The Morgan fingerprint density at radius 3 is 2.25 bits per heavy atom. The van der Waals surface area contributed by atoms with Gasteiger partial charge >= 0.3 is 0 Å². The molecule has 0 bridgehead atoms. The predicted molar refractivity (Wildman–Crippen MR) is 80.1 cm³/mol. The number of rotatable bonds is 8. The standard InChI is InChI=1S/C14H24S2/c1-2-3-4-5-6-7-8-9-11-14-15-12-10-13-16-14/h2,11H,1,3-10,12-13H2. The number of unbranched alkanes of at least 4 members (excludes halogenated alkanes) is 6. The summed E-state index contributed by atoms with van der Waals surface area (Å²) in [5.41, 5.74) is 0. The molecule has 0 spiro atoms. The van der Waals surface area contributed by atoms with Gasteiger partial charge in [0.15, 0.2) is 0 Å². The van der Waals surface area contributed by atoms with E-state index in [1.54, 1.807) is 4.24 Å². The molecule has 2 heteroatoms. The maximum absolute atomic E-state index is 3.75. The first kappa shape index (κ1) is 14.2. The van der Waals surface area contributed by atoms with Crippen LogP contribution in [0.1, 0.15) is 51.4 Å². The molecule has 1 heterocycles. The van der Waals surface area contributed by atoms with Gasteiger partial charge in [-0.05, 0) is 43.6 Å². The van der Waals surface area contributed by atoms with Crippen LogP contribution in [-0.2, 0) is 0 Å². The van der Waals surface area contributed by atoms with Gasteiger partial charge in [0.05, 0.1) is 0 Å². The maximum atomic E-state index is 3.75. The van der Waals surface area contributed by atoms with Crippen molar-refractivity contribution in [3.8, 4) is 0 Å². The maximum Gasteiger partial charge on any atom is 0.0360 e. The highest BCUT2D eigenvalue weighted by Crippen LogP contribution is 2.34. The summed E-state index contributed by atoms with van der Waals surface area (Å²) in [6, 6.07) is 0. The van der Waals surface area contributed by atoms with E-state index < -0.39 is 0 Å². The molecular formula is C14H24S2. The average Bonchev–Trinajstić information content (AvgIpc) is 2.34. The molecule has 16 heavy (non-hydrogen) atoms. The highest BCUT2D eigenvalue weighted by molar-refractivity contribution is 8.22. The van der Waals surface area contributed by atoms with Crippen LogP contribution in [0.15, 0.2) is 23.0 Å². The van der Waals surface area contributed by atoms with E-state index in [0.717, 1.165) is 0 Å². The normalized spacial score (nSPS) is 16.1. The average molecular weight is 256 g/mol. The summed E-state index contributed by atoms with van der Waals surface area (Å²) < 4.78 is 1.58. The molecule has 1 saturated heterocycles. The number of allylic oxidation sites excluding steroid dienone is 2. The van der Waals surface area contributed by atoms with Gasteiger partial charge < -0.3 is 0 Å². The molecule has 0 aromatic rings. The van der Waals surface area contributed by atoms with Crippen LogP contribution < -0.4 is 0 Å². The fraction of sp³-hybridized carbons (Fsp3) is 0.714. The van der Waals surface area contributed by atoms with Crippen LogP contribution in [0.4, 0.5) is 0 Å². The van der Waals surface area contributed by atoms with Gasteiger partial charge in [-0.1, -0.05) is 31.4 Å². The Morgan fingerprint density at radius 2 is 1.56 bits per heavy atom. The Morgan fingerprint density at radius 1 is 0.938 bits per heavy atom. The van der Waals surface area contributed by atoms with Crippen LogP contribution in [-0.4, -0.2) is 11.5 Å². The summed E-state index contributed by atoms with van der Waals surface area (Å²) in [6.45, 7) is 3.75. The third kappa shape index (κ3) is 7.45. The second-order valence-electron chi connectivity index (χ2n) is 4.21. The van der Waals surface area contributed by atoms with E-state index in [0.29, 0.717) is 0 Å². The van der Waals surface area contributed by atoms with E-state index in [1.165, 1.54) is 62.9 Å². The SMILES string of the molecule is C=CCCCCCCCC=C1SCCCS1. The Bertz CT molecular complexity index is 201. The molecule has 0 aromatic heterocycles. The molecule has 0 radical (unpaired) electrons. The zero-order valence-corrected chi connectivity index (χ0v) is 11.9. The fourth-order valence-corrected chi connectivity index (χ4v) is 4.21. The number of thioether (sulfide) groups is 2.